The standard InChI is InChI=1S/C15H22N2O4S2/c1-23(20,21)17-7-13-2-4-16(9-15(13,10-17)11-18)14(19)6-12-3-5-22-8-12/h3,5,8,13,18H,2,4,6-7,9-11H2,1H3/t13-,15+/m1/s1. The lowest BCUT2D eigenvalue weighted by atomic mass is 9.74. The third-order valence-electron chi connectivity index (χ3n) is 5.11. The van der Waals surface area contributed by atoms with Gasteiger partial charge in [0.15, 0.2) is 0 Å². The number of rotatable bonds is 4. The van der Waals surface area contributed by atoms with Gasteiger partial charge in [-0.1, -0.05) is 0 Å². The van der Waals surface area contributed by atoms with Crippen LogP contribution in [-0.4, -0.2) is 67.7 Å². The second kappa shape index (κ2) is 6.16. The molecule has 0 bridgehead atoms. The number of nitrogens with zero attached hydrogens (tertiary/aromatic N) is 2. The second-order valence-electron chi connectivity index (χ2n) is 6.69. The van der Waals surface area contributed by atoms with Gasteiger partial charge in [0.2, 0.25) is 15.9 Å². The van der Waals surface area contributed by atoms with Crippen molar-refractivity contribution < 1.29 is 18.3 Å². The highest BCUT2D eigenvalue weighted by Crippen LogP contribution is 2.42. The van der Waals surface area contributed by atoms with E-state index >= 15 is 0 Å². The molecule has 0 aliphatic carbocycles. The van der Waals surface area contributed by atoms with Crippen molar-refractivity contribution in [2.45, 2.75) is 12.8 Å². The Morgan fingerprint density at radius 3 is 2.87 bits per heavy atom. The molecule has 0 saturated carbocycles. The van der Waals surface area contributed by atoms with Gasteiger partial charge >= 0.3 is 0 Å². The van der Waals surface area contributed by atoms with Gasteiger partial charge in [0.1, 0.15) is 0 Å². The Morgan fingerprint density at radius 1 is 1.48 bits per heavy atom. The number of amides is 1. The van der Waals surface area contributed by atoms with E-state index < -0.39 is 15.4 Å². The number of fused-ring (bicyclic) bond motifs is 1. The van der Waals surface area contributed by atoms with Gasteiger partial charge in [-0.3, -0.25) is 4.79 Å². The van der Waals surface area contributed by atoms with Crippen LogP contribution in [0.2, 0.25) is 0 Å². The summed E-state index contributed by atoms with van der Waals surface area (Å²) in [6.07, 6.45) is 2.31. The highest BCUT2D eigenvalue weighted by molar-refractivity contribution is 7.88. The summed E-state index contributed by atoms with van der Waals surface area (Å²) in [5.74, 6) is 0.167. The molecule has 2 atom stereocenters. The van der Waals surface area contributed by atoms with Crippen molar-refractivity contribution in [3.05, 3.63) is 22.4 Å². The van der Waals surface area contributed by atoms with Crippen molar-refractivity contribution in [3.63, 3.8) is 0 Å². The molecule has 23 heavy (non-hydrogen) atoms. The summed E-state index contributed by atoms with van der Waals surface area (Å²) in [6.45, 7) is 1.73. The van der Waals surface area contributed by atoms with Gasteiger partial charge in [-0.25, -0.2) is 12.7 Å². The Kier molecular flexibility index (Phi) is 4.52. The first-order valence-electron chi connectivity index (χ1n) is 7.69. The molecular weight excluding hydrogens is 336 g/mol. The lowest BCUT2D eigenvalue weighted by Gasteiger charge is -2.43. The fourth-order valence-electron chi connectivity index (χ4n) is 3.71. The van der Waals surface area contributed by atoms with Crippen LogP contribution in [0.3, 0.4) is 0 Å². The molecule has 0 radical (unpaired) electrons. The lowest BCUT2D eigenvalue weighted by Crippen LogP contribution is -2.53. The number of hydrogen-bond acceptors (Lipinski definition) is 5. The van der Waals surface area contributed by atoms with E-state index in [1.165, 1.54) is 10.6 Å². The quantitative estimate of drug-likeness (QED) is 0.845. The van der Waals surface area contributed by atoms with Crippen LogP contribution in [-0.2, 0) is 21.2 Å². The van der Waals surface area contributed by atoms with Gasteiger partial charge in [0, 0.05) is 31.6 Å². The molecular formula is C15H22N2O4S2. The molecule has 1 amide bonds. The van der Waals surface area contributed by atoms with E-state index in [4.69, 9.17) is 0 Å². The summed E-state index contributed by atoms with van der Waals surface area (Å²) < 4.78 is 25.1. The zero-order chi connectivity index (χ0) is 16.7. The first-order chi connectivity index (χ1) is 10.8. The largest absolute Gasteiger partial charge is 0.396 e. The number of carbonyl (C=O) groups excluding carboxylic acids is 1. The molecule has 2 fully saturated rings. The Bertz CT molecular complexity index is 674. The minimum Gasteiger partial charge on any atom is -0.396 e. The number of piperidine rings is 1. The monoisotopic (exact) mass is 358 g/mol. The Morgan fingerprint density at radius 2 is 2.26 bits per heavy atom. The van der Waals surface area contributed by atoms with Crippen LogP contribution < -0.4 is 0 Å². The molecule has 0 unspecified atom stereocenters. The van der Waals surface area contributed by atoms with Crippen LogP contribution >= 0.6 is 11.3 Å². The molecule has 0 spiro atoms. The van der Waals surface area contributed by atoms with Crippen LogP contribution in [0.25, 0.3) is 0 Å². The second-order valence-corrected chi connectivity index (χ2v) is 9.45. The fraction of sp³-hybridized carbons (Fsp3) is 0.667. The number of sulfonamides is 1. The van der Waals surface area contributed by atoms with E-state index in [-0.39, 0.29) is 18.4 Å². The topological polar surface area (TPSA) is 77.9 Å². The number of likely N-dealkylation sites (tertiary alicyclic amines) is 1. The Labute approximate surface area is 140 Å². The maximum atomic E-state index is 12.5. The van der Waals surface area contributed by atoms with E-state index in [1.807, 2.05) is 16.8 Å². The number of hydrogen-bond donors (Lipinski definition) is 1. The zero-order valence-corrected chi connectivity index (χ0v) is 14.8. The highest BCUT2D eigenvalue weighted by Gasteiger charge is 2.52. The average molecular weight is 358 g/mol. The normalized spacial score (nSPS) is 28.8. The number of thiophene rings is 1. The minimum atomic E-state index is -3.27. The average Bonchev–Trinajstić information content (AvgIpc) is 3.12. The van der Waals surface area contributed by atoms with Crippen LogP contribution in [0.4, 0.5) is 0 Å². The third kappa shape index (κ3) is 3.31. The third-order valence-corrected chi connectivity index (χ3v) is 7.05. The number of aliphatic hydroxyl groups excluding tert-OH is 1. The van der Waals surface area contributed by atoms with Crippen molar-refractivity contribution in [1.29, 1.82) is 0 Å². The number of carbonyl (C=O) groups is 1. The molecule has 1 N–H and O–H groups in total. The molecule has 3 rings (SSSR count). The van der Waals surface area contributed by atoms with E-state index in [9.17, 15) is 18.3 Å². The van der Waals surface area contributed by atoms with Gasteiger partial charge in [0.25, 0.3) is 0 Å². The number of aliphatic hydroxyl groups is 1. The predicted molar refractivity (Wildman–Crippen MR) is 88.6 cm³/mol. The molecule has 1 aromatic rings. The van der Waals surface area contributed by atoms with Gasteiger partial charge in [-0.15, -0.1) is 0 Å². The van der Waals surface area contributed by atoms with Crippen molar-refractivity contribution in [2.24, 2.45) is 11.3 Å². The van der Waals surface area contributed by atoms with Crippen molar-refractivity contribution >= 4 is 27.3 Å². The molecule has 128 valence electrons. The van der Waals surface area contributed by atoms with Gasteiger partial charge in [-0.2, -0.15) is 11.3 Å². The van der Waals surface area contributed by atoms with Crippen LogP contribution in [0.5, 0.6) is 0 Å². The summed E-state index contributed by atoms with van der Waals surface area (Å²) in [5, 5.41) is 13.8. The summed E-state index contributed by atoms with van der Waals surface area (Å²) in [5.41, 5.74) is 0.482. The van der Waals surface area contributed by atoms with Gasteiger partial charge in [0.05, 0.1) is 19.3 Å². The van der Waals surface area contributed by atoms with Crippen LogP contribution in [0.15, 0.2) is 16.8 Å². The zero-order valence-electron chi connectivity index (χ0n) is 13.1. The molecule has 2 aliphatic heterocycles. The molecule has 2 saturated heterocycles. The molecule has 6 nitrogen and oxygen atoms in total. The van der Waals surface area contributed by atoms with E-state index in [1.54, 1.807) is 16.2 Å². The lowest BCUT2D eigenvalue weighted by molar-refractivity contribution is -0.135. The smallest absolute Gasteiger partial charge is 0.227 e. The Balaban J connectivity index is 1.73. The first kappa shape index (κ1) is 16.9. The SMILES string of the molecule is CS(=O)(=O)N1C[C@H]2CCN(C(=O)Cc3ccsc3)C[C@@]2(CO)C1. The van der Waals surface area contributed by atoms with Crippen molar-refractivity contribution in [3.8, 4) is 0 Å². The predicted octanol–water partition coefficient (Wildman–Crippen LogP) is 0.393. The molecule has 1 aromatic heterocycles. The fourth-order valence-corrected chi connectivity index (χ4v) is 5.32. The molecule has 2 aliphatic rings. The van der Waals surface area contributed by atoms with E-state index in [0.717, 1.165) is 12.0 Å². The van der Waals surface area contributed by atoms with Gasteiger partial charge in [-0.05, 0) is 34.7 Å². The maximum absolute atomic E-state index is 12.5. The summed E-state index contributed by atoms with van der Waals surface area (Å²) in [4.78, 5) is 14.3. The maximum Gasteiger partial charge on any atom is 0.227 e. The van der Waals surface area contributed by atoms with Gasteiger partial charge < -0.3 is 10.0 Å². The van der Waals surface area contributed by atoms with E-state index in [2.05, 4.69) is 0 Å². The molecule has 0 aromatic carbocycles. The van der Waals surface area contributed by atoms with Crippen LogP contribution in [0, 0.1) is 11.3 Å². The highest BCUT2D eigenvalue weighted by atomic mass is 32.2. The molecule has 8 heteroatoms. The molecule has 3 heterocycles. The Hall–Kier alpha value is -0.960. The first-order valence-corrected chi connectivity index (χ1v) is 10.5. The van der Waals surface area contributed by atoms with Crippen molar-refractivity contribution in [2.75, 3.05) is 39.0 Å². The van der Waals surface area contributed by atoms with E-state index in [0.29, 0.717) is 32.6 Å². The summed E-state index contributed by atoms with van der Waals surface area (Å²) >= 11 is 1.57. The van der Waals surface area contributed by atoms with Crippen molar-refractivity contribution in [1.82, 2.24) is 9.21 Å². The summed E-state index contributed by atoms with van der Waals surface area (Å²) in [6, 6.07) is 1.94. The minimum absolute atomic E-state index is 0.0486. The summed E-state index contributed by atoms with van der Waals surface area (Å²) in [7, 11) is -3.27. The van der Waals surface area contributed by atoms with Crippen LogP contribution in [0.1, 0.15) is 12.0 Å².